The summed E-state index contributed by atoms with van der Waals surface area (Å²) in [6.45, 7) is 6.51. The van der Waals surface area contributed by atoms with E-state index in [9.17, 15) is 13.2 Å². The van der Waals surface area contributed by atoms with E-state index in [0.29, 0.717) is 32.6 Å². The fraction of sp³-hybridized carbons (Fsp3) is 0.632. The molecule has 0 radical (unpaired) electrons. The molecular formula is C19H28N2O3S. The normalized spacial score (nSPS) is 25.5. The SMILES string of the molecule is CCN1C[C@]2(CCCN(S(=O)(=O)Cc3cccc(C)c3)C2)CCC1=O. The summed E-state index contributed by atoms with van der Waals surface area (Å²) in [4.78, 5) is 13.9. The first-order chi connectivity index (χ1) is 11.8. The molecule has 3 rings (SSSR count). The average Bonchev–Trinajstić information content (AvgIpc) is 2.57. The summed E-state index contributed by atoms with van der Waals surface area (Å²) >= 11 is 0. The van der Waals surface area contributed by atoms with E-state index in [-0.39, 0.29) is 17.1 Å². The first-order valence-electron chi connectivity index (χ1n) is 9.15. The Morgan fingerprint density at radius 1 is 1.20 bits per heavy atom. The van der Waals surface area contributed by atoms with Crippen molar-refractivity contribution in [2.24, 2.45) is 5.41 Å². The molecule has 1 atom stereocenters. The number of likely N-dealkylation sites (tertiary alicyclic amines) is 1. The lowest BCUT2D eigenvalue weighted by Crippen LogP contribution is -2.55. The van der Waals surface area contributed by atoms with Gasteiger partial charge in [-0.25, -0.2) is 12.7 Å². The van der Waals surface area contributed by atoms with Crippen LogP contribution in [0.3, 0.4) is 0 Å². The molecule has 2 saturated heterocycles. The summed E-state index contributed by atoms with van der Waals surface area (Å²) in [5.41, 5.74) is 1.85. The van der Waals surface area contributed by atoms with E-state index in [1.807, 2.05) is 43.0 Å². The van der Waals surface area contributed by atoms with Crippen LogP contribution in [-0.4, -0.2) is 49.7 Å². The van der Waals surface area contributed by atoms with Crippen LogP contribution in [0.2, 0.25) is 0 Å². The van der Waals surface area contributed by atoms with Gasteiger partial charge in [-0.05, 0) is 38.7 Å². The molecule has 0 bridgehead atoms. The maximum Gasteiger partial charge on any atom is 0.222 e. The summed E-state index contributed by atoms with van der Waals surface area (Å²) in [6.07, 6.45) is 3.23. The Morgan fingerprint density at radius 3 is 2.72 bits per heavy atom. The summed E-state index contributed by atoms with van der Waals surface area (Å²) in [5, 5.41) is 0. The van der Waals surface area contributed by atoms with Gasteiger partial charge in [0.25, 0.3) is 0 Å². The Morgan fingerprint density at radius 2 is 2.00 bits per heavy atom. The van der Waals surface area contributed by atoms with Gasteiger partial charge in [-0.1, -0.05) is 29.8 Å². The Balaban J connectivity index is 1.75. The van der Waals surface area contributed by atoms with Gasteiger partial charge < -0.3 is 4.90 Å². The Bertz CT molecular complexity index is 747. The summed E-state index contributed by atoms with van der Waals surface area (Å²) in [7, 11) is -3.34. The van der Waals surface area contributed by atoms with Crippen molar-refractivity contribution in [2.45, 2.75) is 45.3 Å². The maximum absolute atomic E-state index is 13.0. The molecule has 1 spiro atoms. The van der Waals surface area contributed by atoms with Crippen LogP contribution in [0, 0.1) is 12.3 Å². The third-order valence-corrected chi connectivity index (χ3v) is 7.38. The predicted octanol–water partition coefficient (Wildman–Crippen LogP) is 2.55. The zero-order chi connectivity index (χ0) is 18.1. The third-order valence-electron chi connectivity index (χ3n) is 5.58. The highest BCUT2D eigenvalue weighted by molar-refractivity contribution is 7.88. The van der Waals surface area contributed by atoms with E-state index < -0.39 is 10.0 Å². The number of nitrogens with zero attached hydrogens (tertiary/aromatic N) is 2. The highest BCUT2D eigenvalue weighted by Crippen LogP contribution is 2.39. The van der Waals surface area contributed by atoms with Gasteiger partial charge in [0.1, 0.15) is 0 Å². The minimum absolute atomic E-state index is 0.0567. The number of aryl methyl sites for hydroxylation is 1. The van der Waals surface area contributed by atoms with Crippen molar-refractivity contribution in [2.75, 3.05) is 26.2 Å². The van der Waals surface area contributed by atoms with Crippen LogP contribution in [0.1, 0.15) is 43.7 Å². The molecule has 0 N–H and O–H groups in total. The number of carbonyl (C=O) groups excluding carboxylic acids is 1. The lowest BCUT2D eigenvalue weighted by molar-refractivity contribution is -0.138. The van der Waals surface area contributed by atoms with Crippen molar-refractivity contribution in [1.29, 1.82) is 0 Å². The van der Waals surface area contributed by atoms with Gasteiger partial charge in [-0.15, -0.1) is 0 Å². The fourth-order valence-corrected chi connectivity index (χ4v) is 5.89. The van der Waals surface area contributed by atoms with Crippen molar-refractivity contribution in [3.63, 3.8) is 0 Å². The van der Waals surface area contributed by atoms with E-state index in [1.165, 1.54) is 0 Å². The quantitative estimate of drug-likeness (QED) is 0.825. The third kappa shape index (κ3) is 4.06. The van der Waals surface area contributed by atoms with Gasteiger partial charge in [-0.3, -0.25) is 4.79 Å². The van der Waals surface area contributed by atoms with Gasteiger partial charge in [0.15, 0.2) is 0 Å². The molecule has 5 nitrogen and oxygen atoms in total. The first-order valence-corrected chi connectivity index (χ1v) is 10.8. The minimum Gasteiger partial charge on any atom is -0.342 e. The zero-order valence-corrected chi connectivity index (χ0v) is 16.0. The molecule has 1 aromatic rings. The minimum atomic E-state index is -3.34. The second-order valence-electron chi connectivity index (χ2n) is 7.59. The molecule has 2 aliphatic rings. The van der Waals surface area contributed by atoms with Crippen molar-refractivity contribution in [3.05, 3.63) is 35.4 Å². The van der Waals surface area contributed by atoms with E-state index >= 15 is 0 Å². The molecule has 25 heavy (non-hydrogen) atoms. The van der Waals surface area contributed by atoms with Gasteiger partial charge in [0.2, 0.25) is 15.9 Å². The van der Waals surface area contributed by atoms with Gasteiger partial charge in [0.05, 0.1) is 5.75 Å². The lowest BCUT2D eigenvalue weighted by atomic mass is 9.74. The molecule has 2 heterocycles. The Hall–Kier alpha value is -1.40. The second kappa shape index (κ2) is 7.08. The lowest BCUT2D eigenvalue weighted by Gasteiger charge is -2.47. The van der Waals surface area contributed by atoms with E-state index in [4.69, 9.17) is 0 Å². The van der Waals surface area contributed by atoms with Crippen molar-refractivity contribution < 1.29 is 13.2 Å². The number of carbonyl (C=O) groups is 1. The standard InChI is InChI=1S/C19H28N2O3S/c1-3-20-14-19(10-8-18(20)22)9-5-11-21(15-19)25(23,24)13-17-7-4-6-16(2)12-17/h4,6-7,12H,3,5,8-11,13-15H2,1-2H3/t19-/m0/s1. The molecule has 1 aromatic carbocycles. The van der Waals surface area contributed by atoms with Crippen LogP contribution in [0.25, 0.3) is 0 Å². The summed E-state index contributed by atoms with van der Waals surface area (Å²) in [6, 6.07) is 7.70. The van der Waals surface area contributed by atoms with Crippen LogP contribution >= 0.6 is 0 Å². The number of piperidine rings is 2. The molecule has 2 aliphatic heterocycles. The molecule has 0 aliphatic carbocycles. The second-order valence-corrected chi connectivity index (χ2v) is 9.56. The molecule has 2 fully saturated rings. The molecule has 0 unspecified atom stereocenters. The number of hydrogen-bond acceptors (Lipinski definition) is 3. The number of benzene rings is 1. The van der Waals surface area contributed by atoms with Crippen LogP contribution < -0.4 is 0 Å². The monoisotopic (exact) mass is 364 g/mol. The van der Waals surface area contributed by atoms with Crippen molar-refractivity contribution in [3.8, 4) is 0 Å². The molecule has 1 amide bonds. The number of amides is 1. The molecule has 0 saturated carbocycles. The van der Waals surface area contributed by atoms with Gasteiger partial charge in [0, 0.05) is 38.0 Å². The van der Waals surface area contributed by atoms with Crippen LogP contribution in [0.15, 0.2) is 24.3 Å². The predicted molar refractivity (Wildman–Crippen MR) is 98.5 cm³/mol. The van der Waals surface area contributed by atoms with E-state index in [0.717, 1.165) is 30.4 Å². The highest BCUT2D eigenvalue weighted by Gasteiger charge is 2.43. The molecule has 0 aromatic heterocycles. The van der Waals surface area contributed by atoms with E-state index in [1.54, 1.807) is 4.31 Å². The number of sulfonamides is 1. The van der Waals surface area contributed by atoms with E-state index in [2.05, 4.69) is 0 Å². The zero-order valence-electron chi connectivity index (χ0n) is 15.2. The first kappa shape index (κ1) is 18.4. The maximum atomic E-state index is 13.0. The summed E-state index contributed by atoms with van der Waals surface area (Å²) < 4.78 is 27.6. The number of rotatable bonds is 4. The van der Waals surface area contributed by atoms with Crippen LogP contribution in [0.4, 0.5) is 0 Å². The van der Waals surface area contributed by atoms with Gasteiger partial charge >= 0.3 is 0 Å². The van der Waals surface area contributed by atoms with Crippen LogP contribution in [-0.2, 0) is 20.6 Å². The topological polar surface area (TPSA) is 57.7 Å². The fourth-order valence-electron chi connectivity index (χ4n) is 4.23. The highest BCUT2D eigenvalue weighted by atomic mass is 32.2. The van der Waals surface area contributed by atoms with Crippen molar-refractivity contribution >= 4 is 15.9 Å². The van der Waals surface area contributed by atoms with Gasteiger partial charge in [-0.2, -0.15) is 0 Å². The Labute approximate surface area is 151 Å². The summed E-state index contributed by atoms with van der Waals surface area (Å²) in [5.74, 6) is 0.258. The van der Waals surface area contributed by atoms with Crippen LogP contribution in [0.5, 0.6) is 0 Å². The molecule has 138 valence electrons. The number of hydrogen-bond donors (Lipinski definition) is 0. The van der Waals surface area contributed by atoms with Crippen molar-refractivity contribution in [1.82, 2.24) is 9.21 Å². The smallest absolute Gasteiger partial charge is 0.222 e. The average molecular weight is 365 g/mol. The molecular weight excluding hydrogens is 336 g/mol. The Kier molecular flexibility index (Phi) is 5.21. The molecule has 6 heteroatoms. The largest absolute Gasteiger partial charge is 0.342 e.